The van der Waals surface area contributed by atoms with Crippen molar-refractivity contribution in [2.45, 2.75) is 0 Å². The van der Waals surface area contributed by atoms with E-state index < -0.39 is 11.9 Å². The average Bonchev–Trinajstić information content (AvgIpc) is 3.43. The van der Waals surface area contributed by atoms with Gasteiger partial charge in [0, 0.05) is 16.1 Å². The number of aromatic nitrogens is 1. The van der Waals surface area contributed by atoms with Crippen LogP contribution >= 0.6 is 11.6 Å². The second-order valence-electron chi connectivity index (χ2n) is 8.93. The van der Waals surface area contributed by atoms with Gasteiger partial charge in [-0.2, -0.15) is 5.10 Å². The van der Waals surface area contributed by atoms with Crippen LogP contribution in [0.1, 0.15) is 26.4 Å². The van der Waals surface area contributed by atoms with Gasteiger partial charge in [-0.15, -0.1) is 0 Å². The maximum Gasteiger partial charge on any atom is 0.347 e. The van der Waals surface area contributed by atoms with Crippen LogP contribution < -0.4 is 24.4 Å². The second kappa shape index (κ2) is 12.5. The number of halogens is 1. The lowest BCUT2D eigenvalue weighted by Gasteiger charge is -2.10. The van der Waals surface area contributed by atoms with E-state index in [2.05, 4.69) is 15.5 Å². The first kappa shape index (κ1) is 28.3. The van der Waals surface area contributed by atoms with Crippen LogP contribution in [0.3, 0.4) is 0 Å². The number of H-pyrrole nitrogens is 1. The molecular formula is C32H26ClN3O6. The molecule has 0 aliphatic rings. The number of rotatable bonds is 9. The molecule has 42 heavy (non-hydrogen) atoms. The van der Waals surface area contributed by atoms with Crippen molar-refractivity contribution in [2.75, 3.05) is 21.3 Å². The minimum absolute atomic E-state index is 0.170. The van der Waals surface area contributed by atoms with Crippen molar-refractivity contribution in [1.29, 1.82) is 0 Å². The number of methoxy groups -OCH3 is 3. The van der Waals surface area contributed by atoms with Crippen LogP contribution in [0.4, 0.5) is 0 Å². The molecule has 0 saturated heterocycles. The summed E-state index contributed by atoms with van der Waals surface area (Å²) < 4.78 is 22.1. The molecule has 0 saturated carbocycles. The number of benzene rings is 4. The minimum Gasteiger partial charge on any atom is -0.496 e. The van der Waals surface area contributed by atoms with Crippen molar-refractivity contribution in [3.63, 3.8) is 0 Å². The highest BCUT2D eigenvalue weighted by Crippen LogP contribution is 2.42. The first-order chi connectivity index (χ1) is 20.4. The SMILES string of the molecule is COc1ccc(Cl)cc1C(=O)Oc1ccccc1C=NNC(=O)c1[nH]c2c(OC)ccc(OC)c2c1-c1ccccc1. The average molecular weight is 584 g/mol. The van der Waals surface area contributed by atoms with E-state index in [1.807, 2.05) is 30.3 Å². The lowest BCUT2D eigenvalue weighted by molar-refractivity contribution is 0.0730. The Labute approximate surface area is 246 Å². The number of ether oxygens (including phenoxy) is 4. The largest absolute Gasteiger partial charge is 0.496 e. The van der Waals surface area contributed by atoms with E-state index in [1.165, 1.54) is 19.4 Å². The highest BCUT2D eigenvalue weighted by molar-refractivity contribution is 6.31. The number of hydrogen-bond acceptors (Lipinski definition) is 7. The molecule has 2 N–H and O–H groups in total. The van der Waals surface area contributed by atoms with Crippen LogP contribution in [0.2, 0.25) is 5.02 Å². The zero-order chi connectivity index (χ0) is 29.6. The standard InChI is InChI=1S/C32H26ClN3O6/c1-39-24-14-13-21(33)17-22(24)32(38)42-23-12-8-7-11-20(23)18-34-36-31(37)30-27(19-9-5-4-6-10-19)28-25(40-2)15-16-26(41-3)29(28)35-30/h4-18,35H,1-3H3,(H,36,37). The van der Waals surface area contributed by atoms with Crippen LogP contribution in [-0.4, -0.2) is 44.4 Å². The summed E-state index contributed by atoms with van der Waals surface area (Å²) in [5.74, 6) is 0.528. The summed E-state index contributed by atoms with van der Waals surface area (Å²) in [5.41, 5.74) is 5.51. The van der Waals surface area contributed by atoms with E-state index in [-0.39, 0.29) is 17.0 Å². The zero-order valence-corrected chi connectivity index (χ0v) is 23.7. The Kier molecular flexibility index (Phi) is 8.40. The summed E-state index contributed by atoms with van der Waals surface area (Å²) in [4.78, 5) is 29.6. The Morgan fingerprint density at radius 3 is 2.21 bits per heavy atom. The molecule has 4 aromatic carbocycles. The van der Waals surface area contributed by atoms with E-state index in [9.17, 15) is 9.59 Å². The van der Waals surface area contributed by atoms with Crippen molar-refractivity contribution in [3.05, 3.63) is 107 Å². The van der Waals surface area contributed by atoms with E-state index in [0.717, 1.165) is 5.56 Å². The Hall–Kier alpha value is -5.28. The van der Waals surface area contributed by atoms with Gasteiger partial charge in [0.05, 0.1) is 38.4 Å². The fraction of sp³-hybridized carbons (Fsp3) is 0.0938. The molecule has 212 valence electrons. The fourth-order valence-corrected chi connectivity index (χ4v) is 4.72. The molecule has 10 heteroatoms. The molecule has 0 radical (unpaired) electrons. The van der Waals surface area contributed by atoms with Crippen molar-refractivity contribution in [1.82, 2.24) is 10.4 Å². The van der Waals surface area contributed by atoms with Crippen LogP contribution in [0.15, 0.2) is 90.0 Å². The van der Waals surface area contributed by atoms with Crippen molar-refractivity contribution < 1.29 is 28.5 Å². The highest BCUT2D eigenvalue weighted by atomic mass is 35.5. The predicted octanol–water partition coefficient (Wildman–Crippen LogP) is 6.50. The van der Waals surface area contributed by atoms with Crippen LogP contribution in [0, 0.1) is 0 Å². The number of hydrazone groups is 1. The van der Waals surface area contributed by atoms with Crippen molar-refractivity contribution in [2.24, 2.45) is 5.10 Å². The van der Waals surface area contributed by atoms with Gasteiger partial charge in [0.1, 0.15) is 34.3 Å². The van der Waals surface area contributed by atoms with Gasteiger partial charge in [0.15, 0.2) is 0 Å². The van der Waals surface area contributed by atoms with E-state index in [0.29, 0.717) is 44.3 Å². The number of hydrogen-bond donors (Lipinski definition) is 2. The predicted molar refractivity (Wildman–Crippen MR) is 161 cm³/mol. The molecule has 5 rings (SSSR count). The number of esters is 1. The molecule has 0 spiro atoms. The van der Waals surface area contributed by atoms with E-state index in [1.54, 1.807) is 62.8 Å². The third-order valence-corrected chi connectivity index (χ3v) is 6.72. The molecule has 5 aromatic rings. The number of para-hydroxylation sites is 1. The highest BCUT2D eigenvalue weighted by Gasteiger charge is 2.24. The lowest BCUT2D eigenvalue weighted by atomic mass is 10.0. The number of amides is 1. The molecule has 9 nitrogen and oxygen atoms in total. The third kappa shape index (κ3) is 5.63. The Morgan fingerprint density at radius 2 is 1.48 bits per heavy atom. The quantitative estimate of drug-likeness (QED) is 0.0887. The van der Waals surface area contributed by atoms with Gasteiger partial charge in [-0.1, -0.05) is 54.1 Å². The summed E-state index contributed by atoms with van der Waals surface area (Å²) >= 11 is 6.07. The van der Waals surface area contributed by atoms with Crippen LogP contribution in [0.5, 0.6) is 23.0 Å². The normalized spacial score (nSPS) is 11.0. The molecule has 0 aliphatic carbocycles. The molecule has 0 bridgehead atoms. The van der Waals surface area contributed by atoms with E-state index in [4.69, 9.17) is 30.5 Å². The van der Waals surface area contributed by atoms with Crippen molar-refractivity contribution in [3.8, 4) is 34.1 Å². The van der Waals surface area contributed by atoms with Gasteiger partial charge in [0.2, 0.25) is 0 Å². The monoisotopic (exact) mass is 583 g/mol. The van der Waals surface area contributed by atoms with Gasteiger partial charge in [-0.3, -0.25) is 4.79 Å². The van der Waals surface area contributed by atoms with Gasteiger partial charge >= 0.3 is 5.97 Å². The molecule has 0 atom stereocenters. The zero-order valence-electron chi connectivity index (χ0n) is 22.9. The number of aromatic amines is 1. The molecule has 0 unspecified atom stereocenters. The number of carbonyl (C=O) groups excluding carboxylic acids is 2. The number of nitrogens with zero attached hydrogens (tertiary/aromatic N) is 1. The molecular weight excluding hydrogens is 558 g/mol. The summed E-state index contributed by atoms with van der Waals surface area (Å²) in [6, 6.07) is 24.5. The molecule has 0 aliphatic heterocycles. The maximum absolute atomic E-state index is 13.5. The Bertz CT molecular complexity index is 1800. The minimum atomic E-state index is -0.660. The number of nitrogens with one attached hydrogen (secondary N) is 2. The Morgan fingerprint density at radius 1 is 0.810 bits per heavy atom. The number of carbonyl (C=O) groups is 2. The molecule has 1 amide bonds. The summed E-state index contributed by atoms with van der Waals surface area (Å²) in [7, 11) is 4.58. The number of fused-ring (bicyclic) bond motifs is 1. The Balaban J connectivity index is 1.45. The molecule has 1 heterocycles. The summed E-state index contributed by atoms with van der Waals surface area (Å²) in [5, 5.41) is 5.22. The molecule has 0 fully saturated rings. The van der Waals surface area contributed by atoms with Gasteiger partial charge in [0.25, 0.3) is 5.91 Å². The first-order valence-corrected chi connectivity index (χ1v) is 13.1. The maximum atomic E-state index is 13.5. The summed E-state index contributed by atoms with van der Waals surface area (Å²) in [6.07, 6.45) is 1.39. The molecule has 1 aromatic heterocycles. The van der Waals surface area contributed by atoms with Crippen LogP contribution in [-0.2, 0) is 0 Å². The smallest absolute Gasteiger partial charge is 0.347 e. The van der Waals surface area contributed by atoms with Gasteiger partial charge in [-0.05, 0) is 48.0 Å². The van der Waals surface area contributed by atoms with E-state index >= 15 is 0 Å². The second-order valence-corrected chi connectivity index (χ2v) is 9.37. The third-order valence-electron chi connectivity index (χ3n) is 6.48. The fourth-order valence-electron chi connectivity index (χ4n) is 4.54. The first-order valence-electron chi connectivity index (χ1n) is 12.7. The van der Waals surface area contributed by atoms with Crippen molar-refractivity contribution >= 4 is 40.6 Å². The topological polar surface area (TPSA) is 111 Å². The van der Waals surface area contributed by atoms with Crippen LogP contribution in [0.25, 0.3) is 22.0 Å². The summed E-state index contributed by atoms with van der Waals surface area (Å²) in [6.45, 7) is 0. The van der Waals surface area contributed by atoms with Gasteiger partial charge in [-0.25, -0.2) is 10.2 Å². The van der Waals surface area contributed by atoms with Gasteiger partial charge < -0.3 is 23.9 Å². The lowest BCUT2D eigenvalue weighted by Crippen LogP contribution is -2.19.